The van der Waals surface area contributed by atoms with Crippen LogP contribution < -0.4 is 10.2 Å². The SMILES string of the molecule is C[C@@H]1C[C@@H]1C(=O)Nc1cc2c(-c3nc4ccc(N5CCOCC5)cn4n3)cnc(C(F)(F)F)c2cn1. The molecule has 1 aliphatic heterocycles. The Morgan fingerprint density at radius 3 is 2.64 bits per heavy atom. The van der Waals surface area contributed by atoms with Gasteiger partial charge in [0.2, 0.25) is 5.91 Å². The van der Waals surface area contributed by atoms with Crippen molar-refractivity contribution in [3.8, 4) is 11.4 Å². The van der Waals surface area contributed by atoms with Crippen LogP contribution in [0.15, 0.2) is 36.8 Å². The minimum absolute atomic E-state index is 0.106. The third kappa shape index (κ3) is 4.11. The summed E-state index contributed by atoms with van der Waals surface area (Å²) in [4.78, 5) is 26.8. The van der Waals surface area contributed by atoms with Crippen LogP contribution in [0.1, 0.15) is 19.0 Å². The molecular formula is C24H22F3N7O2. The van der Waals surface area contributed by atoms with Crippen LogP contribution in [0, 0.1) is 11.8 Å². The molecule has 2 aliphatic rings. The maximum Gasteiger partial charge on any atom is 0.434 e. The van der Waals surface area contributed by atoms with Gasteiger partial charge >= 0.3 is 6.18 Å². The number of hydrogen-bond donors (Lipinski definition) is 1. The van der Waals surface area contributed by atoms with Crippen LogP contribution in [0.25, 0.3) is 27.8 Å². The number of pyridine rings is 3. The van der Waals surface area contributed by atoms with Gasteiger partial charge in [0.15, 0.2) is 17.2 Å². The Labute approximate surface area is 203 Å². The smallest absolute Gasteiger partial charge is 0.378 e. The van der Waals surface area contributed by atoms with Crippen molar-refractivity contribution in [2.75, 3.05) is 36.5 Å². The maximum atomic E-state index is 13.7. The summed E-state index contributed by atoms with van der Waals surface area (Å²) in [5.74, 6) is 0.380. The number of nitrogens with zero attached hydrogens (tertiary/aromatic N) is 6. The second kappa shape index (κ2) is 8.40. The van der Waals surface area contributed by atoms with Crippen molar-refractivity contribution in [1.29, 1.82) is 0 Å². The molecule has 1 saturated carbocycles. The fourth-order valence-electron chi connectivity index (χ4n) is 4.51. The zero-order valence-corrected chi connectivity index (χ0v) is 19.3. The number of nitrogens with one attached hydrogen (secondary N) is 1. The van der Waals surface area contributed by atoms with Crippen molar-refractivity contribution in [2.24, 2.45) is 11.8 Å². The summed E-state index contributed by atoms with van der Waals surface area (Å²) in [6.45, 7) is 4.74. The highest BCUT2D eigenvalue weighted by molar-refractivity contribution is 6.00. The first-order chi connectivity index (χ1) is 17.3. The number of carbonyl (C=O) groups excluding carboxylic acids is 1. The van der Waals surface area contributed by atoms with Crippen LogP contribution >= 0.6 is 0 Å². The molecule has 5 heterocycles. The van der Waals surface area contributed by atoms with Gasteiger partial charge in [0.25, 0.3) is 0 Å². The number of amides is 1. The Kier molecular flexibility index (Phi) is 5.29. The van der Waals surface area contributed by atoms with E-state index in [1.807, 2.05) is 25.3 Å². The number of rotatable bonds is 4. The number of hydrogen-bond acceptors (Lipinski definition) is 7. The second-order valence-electron chi connectivity index (χ2n) is 9.17. The van der Waals surface area contributed by atoms with Crippen molar-refractivity contribution in [2.45, 2.75) is 19.5 Å². The van der Waals surface area contributed by atoms with Gasteiger partial charge in [0.1, 0.15) is 5.82 Å². The summed E-state index contributed by atoms with van der Waals surface area (Å²) in [7, 11) is 0. The quantitative estimate of drug-likeness (QED) is 0.458. The standard InChI is InChI=1S/C24H22F3N7O2/c1-13-8-15(13)23(35)30-19-9-16-17(10-28-19)21(24(25,26)27)29-11-18(16)22-31-20-3-2-14(12-34(20)32-22)33-4-6-36-7-5-33/h2-3,9-13,15H,4-8H2,1H3,(H,28,30,35)/t13-,15+/m1/s1. The van der Waals surface area contributed by atoms with Gasteiger partial charge in [-0.15, -0.1) is 5.10 Å². The number of fused-ring (bicyclic) bond motifs is 2. The van der Waals surface area contributed by atoms with Crippen LogP contribution in [-0.4, -0.2) is 56.8 Å². The Balaban J connectivity index is 1.43. The zero-order valence-electron chi connectivity index (χ0n) is 19.3. The number of anilines is 2. The molecule has 4 aromatic rings. The summed E-state index contributed by atoms with van der Waals surface area (Å²) in [6, 6.07) is 5.17. The first-order valence-corrected chi connectivity index (χ1v) is 11.6. The molecule has 9 nitrogen and oxygen atoms in total. The largest absolute Gasteiger partial charge is 0.434 e. The van der Waals surface area contributed by atoms with Gasteiger partial charge in [-0.3, -0.25) is 9.78 Å². The summed E-state index contributed by atoms with van der Waals surface area (Å²) in [5, 5.41) is 7.27. The Morgan fingerprint density at radius 1 is 1.14 bits per heavy atom. The highest BCUT2D eigenvalue weighted by Gasteiger charge is 2.39. The number of alkyl halides is 3. The molecule has 1 N–H and O–H groups in total. The first-order valence-electron chi connectivity index (χ1n) is 11.6. The number of ether oxygens (including phenoxy) is 1. The van der Waals surface area contributed by atoms with E-state index in [1.165, 1.54) is 6.07 Å². The van der Waals surface area contributed by atoms with E-state index in [9.17, 15) is 18.0 Å². The molecule has 36 heavy (non-hydrogen) atoms. The average molecular weight is 497 g/mol. The first kappa shape index (κ1) is 22.7. The van der Waals surface area contributed by atoms with Gasteiger partial charge in [-0.2, -0.15) is 13.2 Å². The van der Waals surface area contributed by atoms with E-state index >= 15 is 0 Å². The van der Waals surface area contributed by atoms with E-state index in [4.69, 9.17) is 4.74 Å². The van der Waals surface area contributed by atoms with Gasteiger partial charge < -0.3 is 15.0 Å². The molecule has 12 heteroatoms. The van der Waals surface area contributed by atoms with Crippen molar-refractivity contribution in [3.05, 3.63) is 42.5 Å². The van der Waals surface area contributed by atoms with E-state index in [-0.39, 0.29) is 40.2 Å². The Hall–Kier alpha value is -3.80. The topological polar surface area (TPSA) is 97.5 Å². The lowest BCUT2D eigenvalue weighted by molar-refractivity contribution is -0.139. The van der Waals surface area contributed by atoms with Crippen LogP contribution in [0.4, 0.5) is 24.7 Å². The van der Waals surface area contributed by atoms with E-state index < -0.39 is 11.9 Å². The van der Waals surface area contributed by atoms with Gasteiger partial charge in [-0.1, -0.05) is 6.92 Å². The molecule has 0 bridgehead atoms. The summed E-state index contributed by atoms with van der Waals surface area (Å²) < 4.78 is 48.1. The molecule has 1 aliphatic carbocycles. The molecule has 2 atom stereocenters. The minimum Gasteiger partial charge on any atom is -0.378 e. The van der Waals surface area contributed by atoms with E-state index in [1.54, 1.807) is 4.52 Å². The van der Waals surface area contributed by atoms with Gasteiger partial charge in [0.05, 0.1) is 25.1 Å². The van der Waals surface area contributed by atoms with Crippen molar-refractivity contribution < 1.29 is 22.7 Å². The minimum atomic E-state index is -4.67. The summed E-state index contributed by atoms with van der Waals surface area (Å²) in [5.41, 5.74) is 0.745. The predicted molar refractivity (Wildman–Crippen MR) is 125 cm³/mol. The fraction of sp³-hybridized carbons (Fsp3) is 0.375. The Morgan fingerprint density at radius 2 is 1.92 bits per heavy atom. The van der Waals surface area contributed by atoms with Gasteiger partial charge in [-0.25, -0.2) is 14.5 Å². The number of halogens is 3. The number of morpholine rings is 1. The molecule has 0 radical (unpaired) electrons. The van der Waals surface area contributed by atoms with Crippen LogP contribution in [-0.2, 0) is 15.7 Å². The molecule has 0 unspecified atom stereocenters. The van der Waals surface area contributed by atoms with Crippen LogP contribution in [0.2, 0.25) is 0 Å². The van der Waals surface area contributed by atoms with Crippen molar-refractivity contribution in [3.63, 3.8) is 0 Å². The third-order valence-corrected chi connectivity index (χ3v) is 6.67. The highest BCUT2D eigenvalue weighted by Crippen LogP contribution is 2.39. The molecular weight excluding hydrogens is 475 g/mol. The van der Waals surface area contributed by atoms with E-state index in [0.29, 0.717) is 24.4 Å². The summed E-state index contributed by atoms with van der Waals surface area (Å²) >= 11 is 0. The predicted octanol–water partition coefficient (Wildman–Crippen LogP) is 3.79. The van der Waals surface area contributed by atoms with E-state index in [0.717, 1.165) is 37.6 Å². The number of carbonyl (C=O) groups is 1. The van der Waals surface area contributed by atoms with Crippen LogP contribution in [0.3, 0.4) is 0 Å². The maximum absolute atomic E-state index is 13.7. The highest BCUT2D eigenvalue weighted by atomic mass is 19.4. The van der Waals surface area contributed by atoms with Crippen molar-refractivity contribution in [1.82, 2.24) is 24.6 Å². The van der Waals surface area contributed by atoms with Gasteiger partial charge in [-0.05, 0) is 30.5 Å². The molecule has 0 aromatic carbocycles. The monoisotopic (exact) mass is 497 g/mol. The summed E-state index contributed by atoms with van der Waals surface area (Å²) in [6.07, 6.45) is 0.154. The Bertz CT molecular complexity index is 1480. The average Bonchev–Trinajstić information content (AvgIpc) is 3.45. The number of aromatic nitrogens is 5. The lowest BCUT2D eigenvalue weighted by atomic mass is 10.1. The van der Waals surface area contributed by atoms with Crippen molar-refractivity contribution >= 4 is 33.8 Å². The second-order valence-corrected chi connectivity index (χ2v) is 9.17. The molecule has 2 fully saturated rings. The van der Waals surface area contributed by atoms with Crippen LogP contribution in [0.5, 0.6) is 0 Å². The molecule has 186 valence electrons. The van der Waals surface area contributed by atoms with E-state index in [2.05, 4.69) is 30.3 Å². The molecule has 6 rings (SSSR count). The fourth-order valence-corrected chi connectivity index (χ4v) is 4.51. The third-order valence-electron chi connectivity index (χ3n) is 6.67. The normalized spacial score (nSPS) is 20.2. The lowest BCUT2D eigenvalue weighted by Crippen LogP contribution is -2.36. The molecule has 4 aromatic heterocycles. The van der Waals surface area contributed by atoms with Gasteiger partial charge in [0, 0.05) is 47.7 Å². The zero-order chi connectivity index (χ0) is 25.0. The molecule has 0 spiro atoms. The molecule has 1 amide bonds. The molecule has 1 saturated heterocycles. The lowest BCUT2D eigenvalue weighted by Gasteiger charge is -2.28.